The Morgan fingerprint density at radius 2 is 2.04 bits per heavy atom. The fourth-order valence-electron chi connectivity index (χ4n) is 2.85. The van der Waals surface area contributed by atoms with Crippen LogP contribution in [0.15, 0.2) is 49.1 Å². The minimum absolute atomic E-state index is 0.104. The van der Waals surface area contributed by atoms with Gasteiger partial charge in [0.2, 0.25) is 5.91 Å². The standard InChI is InChI=1S/C18H14F3N5O2/c19-11-1-2-14(23-8-11)18(4-5-18)16(27)24-15-3-6-26(25-15)12-7-13(10-22-9-12)28-17(20)21/h1-3,6-10,17H,4-5H2,(H,24,25,27). The Hall–Kier alpha value is -3.43. The van der Waals surface area contributed by atoms with Gasteiger partial charge in [-0.3, -0.25) is 14.8 Å². The molecule has 10 heteroatoms. The number of carbonyl (C=O) groups is 1. The monoisotopic (exact) mass is 389 g/mol. The van der Waals surface area contributed by atoms with Crippen molar-refractivity contribution in [2.24, 2.45) is 0 Å². The van der Waals surface area contributed by atoms with E-state index in [9.17, 15) is 18.0 Å². The zero-order valence-electron chi connectivity index (χ0n) is 14.3. The van der Waals surface area contributed by atoms with Crippen molar-refractivity contribution in [1.29, 1.82) is 0 Å². The smallest absolute Gasteiger partial charge is 0.387 e. The summed E-state index contributed by atoms with van der Waals surface area (Å²) in [5.41, 5.74) is 0.108. The lowest BCUT2D eigenvalue weighted by Gasteiger charge is -2.13. The summed E-state index contributed by atoms with van der Waals surface area (Å²) < 4.78 is 43.4. The maximum Gasteiger partial charge on any atom is 0.387 e. The van der Waals surface area contributed by atoms with Gasteiger partial charge >= 0.3 is 6.61 Å². The fourth-order valence-corrected chi connectivity index (χ4v) is 2.85. The number of ether oxygens (including phenoxy) is 1. The molecule has 1 amide bonds. The number of nitrogens with one attached hydrogen (secondary N) is 1. The van der Waals surface area contributed by atoms with Crippen molar-refractivity contribution in [3.05, 3.63) is 60.6 Å². The highest BCUT2D eigenvalue weighted by atomic mass is 19.3. The number of carbonyl (C=O) groups excluding carboxylic acids is 1. The Morgan fingerprint density at radius 1 is 1.21 bits per heavy atom. The van der Waals surface area contributed by atoms with Gasteiger partial charge in [-0.05, 0) is 25.0 Å². The largest absolute Gasteiger partial charge is 0.433 e. The average Bonchev–Trinajstić information content (AvgIpc) is 3.35. The Labute approximate surface area is 157 Å². The summed E-state index contributed by atoms with van der Waals surface area (Å²) in [5, 5.41) is 6.93. The highest BCUT2D eigenvalue weighted by molar-refractivity contribution is 6.00. The molecule has 4 rings (SSSR count). The minimum Gasteiger partial charge on any atom is -0.433 e. The van der Waals surface area contributed by atoms with Gasteiger partial charge in [-0.2, -0.15) is 8.78 Å². The number of hydrogen-bond donors (Lipinski definition) is 1. The van der Waals surface area contributed by atoms with E-state index in [0.29, 0.717) is 24.2 Å². The molecule has 1 saturated carbocycles. The maximum absolute atomic E-state index is 13.1. The molecule has 0 radical (unpaired) electrons. The van der Waals surface area contributed by atoms with E-state index in [0.717, 1.165) is 12.4 Å². The second kappa shape index (κ2) is 6.95. The first-order valence-electron chi connectivity index (χ1n) is 8.36. The number of amides is 1. The van der Waals surface area contributed by atoms with Crippen LogP contribution in [0.1, 0.15) is 18.5 Å². The molecular formula is C18H14F3N5O2. The van der Waals surface area contributed by atoms with Gasteiger partial charge in [-0.1, -0.05) is 0 Å². The summed E-state index contributed by atoms with van der Waals surface area (Å²) in [7, 11) is 0. The molecule has 0 aromatic carbocycles. The molecule has 3 aromatic heterocycles. The molecule has 1 fully saturated rings. The molecule has 0 aliphatic heterocycles. The maximum atomic E-state index is 13.1. The molecule has 0 atom stereocenters. The lowest BCUT2D eigenvalue weighted by atomic mass is 10.0. The summed E-state index contributed by atoms with van der Waals surface area (Å²) >= 11 is 0. The highest BCUT2D eigenvalue weighted by Gasteiger charge is 2.52. The van der Waals surface area contributed by atoms with Crippen LogP contribution in [0, 0.1) is 5.82 Å². The number of alkyl halides is 2. The van der Waals surface area contributed by atoms with Crippen LogP contribution in [0.5, 0.6) is 5.75 Å². The van der Waals surface area contributed by atoms with Crippen LogP contribution < -0.4 is 10.1 Å². The molecule has 28 heavy (non-hydrogen) atoms. The predicted molar refractivity (Wildman–Crippen MR) is 91.7 cm³/mol. The number of nitrogens with zero attached hydrogens (tertiary/aromatic N) is 4. The van der Waals surface area contributed by atoms with Crippen molar-refractivity contribution in [3.8, 4) is 11.4 Å². The number of halogens is 3. The van der Waals surface area contributed by atoms with Crippen LogP contribution in [0.4, 0.5) is 19.0 Å². The van der Waals surface area contributed by atoms with Crippen LogP contribution in [-0.2, 0) is 10.2 Å². The molecule has 3 heterocycles. The molecule has 0 unspecified atom stereocenters. The van der Waals surface area contributed by atoms with Crippen molar-refractivity contribution in [2.75, 3.05) is 5.32 Å². The van der Waals surface area contributed by atoms with E-state index in [-0.39, 0.29) is 17.5 Å². The first-order valence-corrected chi connectivity index (χ1v) is 8.36. The molecule has 0 spiro atoms. The Bertz CT molecular complexity index is 1000. The molecule has 1 aliphatic rings. The third-order valence-corrected chi connectivity index (χ3v) is 4.42. The van der Waals surface area contributed by atoms with Gasteiger partial charge in [0.25, 0.3) is 0 Å². The Kier molecular flexibility index (Phi) is 4.46. The third-order valence-electron chi connectivity index (χ3n) is 4.42. The van der Waals surface area contributed by atoms with E-state index < -0.39 is 17.8 Å². The van der Waals surface area contributed by atoms with Crippen LogP contribution in [0.3, 0.4) is 0 Å². The normalized spacial score (nSPS) is 14.7. The molecule has 1 aliphatic carbocycles. The molecule has 0 saturated heterocycles. The van der Waals surface area contributed by atoms with E-state index in [4.69, 9.17) is 0 Å². The van der Waals surface area contributed by atoms with E-state index >= 15 is 0 Å². The number of rotatable bonds is 6. The van der Waals surface area contributed by atoms with Crippen LogP contribution in [0.2, 0.25) is 0 Å². The van der Waals surface area contributed by atoms with Gasteiger partial charge < -0.3 is 10.1 Å². The molecule has 7 nitrogen and oxygen atoms in total. The third kappa shape index (κ3) is 3.53. The van der Waals surface area contributed by atoms with Gasteiger partial charge in [-0.15, -0.1) is 5.10 Å². The SMILES string of the molecule is O=C(Nc1ccn(-c2cncc(OC(F)F)c2)n1)C1(c2ccc(F)cn2)CC1. The summed E-state index contributed by atoms with van der Waals surface area (Å²) in [6, 6.07) is 5.68. The van der Waals surface area contributed by atoms with Gasteiger partial charge in [0, 0.05) is 18.3 Å². The van der Waals surface area contributed by atoms with Gasteiger partial charge in [0.1, 0.15) is 11.6 Å². The first-order chi connectivity index (χ1) is 13.5. The molecule has 1 N–H and O–H groups in total. The van der Waals surface area contributed by atoms with Crippen LogP contribution in [0.25, 0.3) is 5.69 Å². The molecule has 0 bridgehead atoms. The van der Waals surface area contributed by atoms with Gasteiger partial charge in [0.05, 0.1) is 35.4 Å². The van der Waals surface area contributed by atoms with E-state index in [1.54, 1.807) is 12.3 Å². The molecular weight excluding hydrogens is 375 g/mol. The van der Waals surface area contributed by atoms with E-state index in [1.807, 2.05) is 0 Å². The van der Waals surface area contributed by atoms with E-state index in [2.05, 4.69) is 25.1 Å². The van der Waals surface area contributed by atoms with Crippen molar-refractivity contribution in [1.82, 2.24) is 19.7 Å². The quantitative estimate of drug-likeness (QED) is 0.701. The Balaban J connectivity index is 1.49. The van der Waals surface area contributed by atoms with Crippen molar-refractivity contribution >= 4 is 11.7 Å². The average molecular weight is 389 g/mol. The topological polar surface area (TPSA) is 81.9 Å². The lowest BCUT2D eigenvalue weighted by molar-refractivity contribution is -0.118. The summed E-state index contributed by atoms with van der Waals surface area (Å²) in [5.74, 6) is -0.582. The summed E-state index contributed by atoms with van der Waals surface area (Å²) in [6.45, 7) is -2.96. The number of pyridine rings is 2. The number of hydrogen-bond acceptors (Lipinski definition) is 5. The Morgan fingerprint density at radius 3 is 2.71 bits per heavy atom. The van der Waals surface area contributed by atoms with Crippen molar-refractivity contribution in [3.63, 3.8) is 0 Å². The summed E-state index contributed by atoms with van der Waals surface area (Å²) in [6.07, 6.45) is 6.42. The van der Waals surface area contributed by atoms with Crippen LogP contribution in [-0.4, -0.2) is 32.3 Å². The first kappa shape index (κ1) is 18.0. The molecule has 144 valence electrons. The van der Waals surface area contributed by atoms with Crippen molar-refractivity contribution < 1.29 is 22.7 Å². The minimum atomic E-state index is -2.96. The van der Waals surface area contributed by atoms with Crippen molar-refractivity contribution in [2.45, 2.75) is 24.9 Å². The van der Waals surface area contributed by atoms with Crippen LogP contribution >= 0.6 is 0 Å². The number of anilines is 1. The second-order valence-electron chi connectivity index (χ2n) is 6.30. The fraction of sp³-hybridized carbons (Fsp3) is 0.222. The summed E-state index contributed by atoms with van der Waals surface area (Å²) in [4.78, 5) is 20.5. The van der Waals surface area contributed by atoms with E-state index in [1.165, 1.54) is 29.1 Å². The predicted octanol–water partition coefficient (Wildman–Crippen LogP) is 3.07. The molecule has 3 aromatic rings. The van der Waals surface area contributed by atoms with Gasteiger partial charge in [0.15, 0.2) is 5.82 Å². The highest BCUT2D eigenvalue weighted by Crippen LogP contribution is 2.48. The van der Waals surface area contributed by atoms with Gasteiger partial charge in [-0.25, -0.2) is 9.07 Å². The number of aromatic nitrogens is 4. The zero-order valence-corrected chi connectivity index (χ0v) is 14.3. The second-order valence-corrected chi connectivity index (χ2v) is 6.30. The lowest BCUT2D eigenvalue weighted by Crippen LogP contribution is -2.29. The zero-order chi connectivity index (χ0) is 19.7.